The Hall–Kier alpha value is -1.49. The molecule has 0 radical (unpaired) electrons. The van der Waals surface area contributed by atoms with Gasteiger partial charge in [0, 0.05) is 10.9 Å². The minimum absolute atomic E-state index is 0.0965. The first-order chi connectivity index (χ1) is 11.4. The lowest BCUT2D eigenvalue weighted by Gasteiger charge is -2.11. The Kier molecular flexibility index (Phi) is 5.57. The van der Waals surface area contributed by atoms with Crippen molar-refractivity contribution in [3.05, 3.63) is 38.7 Å². The molecule has 138 valence electrons. The van der Waals surface area contributed by atoms with Crippen molar-refractivity contribution in [2.24, 2.45) is 0 Å². The van der Waals surface area contributed by atoms with Crippen molar-refractivity contribution in [3.8, 4) is 5.69 Å². The molecular weight excluding hydrogens is 430 g/mol. The van der Waals surface area contributed by atoms with Crippen molar-refractivity contribution < 1.29 is 21.8 Å². The number of alkyl halides is 3. The van der Waals surface area contributed by atoms with E-state index in [0.717, 1.165) is 16.8 Å². The van der Waals surface area contributed by atoms with Crippen molar-refractivity contribution in [1.82, 2.24) is 14.3 Å². The third kappa shape index (κ3) is 4.20. The highest BCUT2D eigenvalue weighted by molar-refractivity contribution is 9.10. The molecule has 0 fully saturated rings. The largest absolute Gasteiger partial charge is 0.400 e. The van der Waals surface area contributed by atoms with Crippen molar-refractivity contribution in [1.29, 1.82) is 0 Å². The van der Waals surface area contributed by atoms with Crippen LogP contribution in [0.3, 0.4) is 0 Å². The van der Waals surface area contributed by atoms with Crippen LogP contribution in [0.4, 0.5) is 17.6 Å². The molecule has 2 rings (SSSR count). The van der Waals surface area contributed by atoms with E-state index in [1.807, 2.05) is 0 Å². The van der Waals surface area contributed by atoms with E-state index in [9.17, 15) is 26.6 Å². The summed E-state index contributed by atoms with van der Waals surface area (Å²) >= 11 is 3.09. The van der Waals surface area contributed by atoms with Gasteiger partial charge in [0.1, 0.15) is 17.3 Å². The van der Waals surface area contributed by atoms with E-state index in [0.29, 0.717) is 0 Å². The first-order valence-electron chi connectivity index (χ1n) is 7.05. The van der Waals surface area contributed by atoms with Crippen LogP contribution in [0.1, 0.15) is 25.5 Å². The molecule has 1 atom stereocenters. The molecule has 25 heavy (non-hydrogen) atoms. The Balaban J connectivity index is 2.61. The summed E-state index contributed by atoms with van der Waals surface area (Å²) in [5.41, 5.74) is -0.933. The number of aryl methyl sites for hydroxylation is 1. The van der Waals surface area contributed by atoms with E-state index in [2.05, 4.69) is 21.0 Å². The van der Waals surface area contributed by atoms with Crippen LogP contribution in [0.25, 0.3) is 5.69 Å². The van der Waals surface area contributed by atoms with Gasteiger partial charge in [0.15, 0.2) is 0 Å². The SMILES string of the molecule is Cc1cc(F)c(-n2nc(Br)n(C(C)C)c2=O)cc1S(=O)CC(F)(F)F. The molecule has 0 bridgehead atoms. The van der Waals surface area contributed by atoms with Crippen LogP contribution in [-0.2, 0) is 10.8 Å². The second-order valence-corrected chi connectivity index (χ2v) is 7.73. The Morgan fingerprint density at radius 2 is 1.92 bits per heavy atom. The van der Waals surface area contributed by atoms with Gasteiger partial charge in [-0.15, -0.1) is 5.10 Å². The number of hydrogen-bond donors (Lipinski definition) is 0. The summed E-state index contributed by atoms with van der Waals surface area (Å²) in [6.07, 6.45) is -4.63. The average molecular weight is 444 g/mol. The third-order valence-electron chi connectivity index (χ3n) is 3.30. The average Bonchev–Trinajstić information content (AvgIpc) is 2.71. The number of aromatic nitrogens is 3. The molecule has 2 aromatic rings. The fourth-order valence-corrected chi connectivity index (χ4v) is 4.06. The molecule has 0 spiro atoms. The fraction of sp³-hybridized carbons (Fsp3) is 0.429. The molecule has 0 saturated carbocycles. The Bertz CT molecular complexity index is 889. The van der Waals surface area contributed by atoms with Gasteiger partial charge in [0.2, 0.25) is 4.73 Å². The van der Waals surface area contributed by atoms with E-state index in [4.69, 9.17) is 0 Å². The van der Waals surface area contributed by atoms with Crippen molar-refractivity contribution in [2.75, 3.05) is 5.75 Å². The van der Waals surface area contributed by atoms with Gasteiger partial charge in [0.25, 0.3) is 0 Å². The molecular formula is C14H14BrF4N3O2S. The molecule has 1 unspecified atom stereocenters. The summed E-state index contributed by atoms with van der Waals surface area (Å²) in [5.74, 6) is -2.41. The highest BCUT2D eigenvalue weighted by atomic mass is 79.9. The van der Waals surface area contributed by atoms with E-state index < -0.39 is 34.2 Å². The molecule has 1 aromatic carbocycles. The lowest BCUT2D eigenvalue weighted by molar-refractivity contribution is -0.105. The Morgan fingerprint density at radius 1 is 1.32 bits per heavy atom. The molecule has 0 N–H and O–H groups in total. The topological polar surface area (TPSA) is 56.9 Å². The van der Waals surface area contributed by atoms with Crippen LogP contribution < -0.4 is 5.69 Å². The Labute approximate surface area is 151 Å². The summed E-state index contributed by atoms with van der Waals surface area (Å²) in [6.45, 7) is 4.78. The zero-order valence-electron chi connectivity index (χ0n) is 13.4. The van der Waals surface area contributed by atoms with Gasteiger partial charge in [-0.1, -0.05) is 0 Å². The quantitative estimate of drug-likeness (QED) is 0.679. The molecule has 0 aliphatic heterocycles. The second-order valence-electron chi connectivity index (χ2n) is 5.60. The summed E-state index contributed by atoms with van der Waals surface area (Å²) in [4.78, 5) is 12.2. The third-order valence-corrected chi connectivity index (χ3v) is 5.36. The van der Waals surface area contributed by atoms with E-state index in [1.54, 1.807) is 13.8 Å². The molecule has 1 aromatic heterocycles. The highest BCUT2D eigenvalue weighted by Crippen LogP contribution is 2.25. The van der Waals surface area contributed by atoms with Crippen LogP contribution >= 0.6 is 15.9 Å². The normalized spacial score (nSPS) is 13.5. The van der Waals surface area contributed by atoms with E-state index >= 15 is 0 Å². The zero-order chi connectivity index (χ0) is 19.1. The molecule has 0 amide bonds. The molecule has 5 nitrogen and oxygen atoms in total. The van der Waals surface area contributed by atoms with Crippen LogP contribution in [-0.4, -0.2) is 30.5 Å². The van der Waals surface area contributed by atoms with Gasteiger partial charge in [-0.3, -0.25) is 8.78 Å². The van der Waals surface area contributed by atoms with Gasteiger partial charge >= 0.3 is 11.9 Å². The summed E-state index contributed by atoms with van der Waals surface area (Å²) in [7, 11) is -2.42. The summed E-state index contributed by atoms with van der Waals surface area (Å²) < 4.78 is 65.9. The van der Waals surface area contributed by atoms with Crippen LogP contribution in [0, 0.1) is 12.7 Å². The van der Waals surface area contributed by atoms with Gasteiger partial charge < -0.3 is 0 Å². The predicted molar refractivity (Wildman–Crippen MR) is 87.9 cm³/mol. The van der Waals surface area contributed by atoms with Crippen molar-refractivity contribution >= 4 is 26.7 Å². The predicted octanol–water partition coefficient (Wildman–Crippen LogP) is 3.49. The lowest BCUT2D eigenvalue weighted by atomic mass is 10.2. The smallest absolute Gasteiger partial charge is 0.267 e. The van der Waals surface area contributed by atoms with Gasteiger partial charge in [-0.05, 0) is 54.4 Å². The molecule has 1 heterocycles. The minimum Gasteiger partial charge on any atom is -0.267 e. The maximum atomic E-state index is 14.3. The van der Waals surface area contributed by atoms with Gasteiger partial charge in [-0.2, -0.15) is 17.9 Å². The zero-order valence-corrected chi connectivity index (χ0v) is 15.8. The van der Waals surface area contributed by atoms with E-state index in [1.165, 1.54) is 11.5 Å². The Morgan fingerprint density at radius 3 is 2.40 bits per heavy atom. The molecule has 0 aliphatic rings. The maximum absolute atomic E-state index is 14.3. The van der Waals surface area contributed by atoms with Gasteiger partial charge in [0.05, 0.1) is 10.8 Å². The number of halogens is 5. The van der Waals surface area contributed by atoms with Crippen LogP contribution in [0.2, 0.25) is 0 Å². The first-order valence-corrected chi connectivity index (χ1v) is 9.16. The van der Waals surface area contributed by atoms with Crippen molar-refractivity contribution in [2.45, 2.75) is 37.9 Å². The monoisotopic (exact) mass is 443 g/mol. The highest BCUT2D eigenvalue weighted by Gasteiger charge is 2.32. The molecule has 0 aliphatic carbocycles. The number of hydrogen-bond acceptors (Lipinski definition) is 3. The van der Waals surface area contributed by atoms with E-state index in [-0.39, 0.29) is 26.9 Å². The number of benzene rings is 1. The summed E-state index contributed by atoms with van der Waals surface area (Å²) in [6, 6.07) is 1.63. The number of rotatable bonds is 4. The number of nitrogens with zero attached hydrogens (tertiary/aromatic N) is 3. The van der Waals surface area contributed by atoms with Crippen molar-refractivity contribution in [3.63, 3.8) is 0 Å². The summed E-state index contributed by atoms with van der Waals surface area (Å²) in [5, 5.41) is 3.89. The standard InChI is InChI=1S/C14H14BrF4N3O2S/c1-7(2)21-12(15)20-22(13(21)23)10-5-11(8(3)4-9(10)16)25(24)6-14(17,18)19/h4-5,7H,6H2,1-3H3. The fourth-order valence-electron chi connectivity index (χ4n) is 2.22. The molecule has 11 heteroatoms. The minimum atomic E-state index is -4.63. The lowest BCUT2D eigenvalue weighted by Crippen LogP contribution is -2.26. The van der Waals surface area contributed by atoms with Crippen LogP contribution in [0.15, 0.2) is 26.6 Å². The maximum Gasteiger partial charge on any atom is 0.400 e. The second kappa shape index (κ2) is 7.02. The first kappa shape index (κ1) is 19.8. The van der Waals surface area contributed by atoms with Crippen LogP contribution in [0.5, 0.6) is 0 Å². The molecule has 0 saturated heterocycles. The van der Waals surface area contributed by atoms with Gasteiger partial charge in [-0.25, -0.2) is 9.18 Å².